The van der Waals surface area contributed by atoms with Crippen molar-refractivity contribution in [1.82, 2.24) is 0 Å². The Bertz CT molecular complexity index is 914. The minimum Gasteiger partial charge on any atom is -0.432 e. The van der Waals surface area contributed by atoms with Crippen LogP contribution in [0.2, 0.25) is 0 Å². The van der Waals surface area contributed by atoms with Crippen molar-refractivity contribution >= 4 is 41.2 Å². The van der Waals surface area contributed by atoms with Gasteiger partial charge in [0.15, 0.2) is 11.6 Å². The third kappa shape index (κ3) is 2.56. The number of alkyl halides is 2. The zero-order valence-corrected chi connectivity index (χ0v) is 19.4. The minimum absolute atomic E-state index is 0.0896. The van der Waals surface area contributed by atoms with Gasteiger partial charge in [0, 0.05) is 11.5 Å². The van der Waals surface area contributed by atoms with Crippen molar-refractivity contribution in [1.29, 1.82) is 0 Å². The highest BCUT2D eigenvalue weighted by molar-refractivity contribution is 6.29. The lowest BCUT2D eigenvalue weighted by Gasteiger charge is -2.64. The molecule has 2 N–H and O–H groups in total. The van der Waals surface area contributed by atoms with Crippen molar-refractivity contribution in [2.75, 3.05) is 5.88 Å². The second-order valence-corrected chi connectivity index (χ2v) is 10.9. The predicted octanol–water partition coefficient (Wildman–Crippen LogP) is 2.91. The molecule has 1 unspecified atom stereocenters. The molecule has 0 aromatic rings. The molecule has 6 nitrogen and oxygen atoms in total. The number of fused-ring (bicyclic) bond motifs is 5. The van der Waals surface area contributed by atoms with E-state index in [1.807, 2.05) is 13.8 Å². The first-order valence-electron chi connectivity index (χ1n) is 10.7. The number of ketones is 2. The Kier molecular flexibility index (Phi) is 5.29. The summed E-state index contributed by atoms with van der Waals surface area (Å²) in [4.78, 5) is 35.0. The van der Waals surface area contributed by atoms with Crippen LogP contribution in [-0.2, 0) is 19.1 Å². The van der Waals surface area contributed by atoms with Crippen LogP contribution in [0.25, 0.3) is 0 Å². The summed E-state index contributed by atoms with van der Waals surface area (Å²) in [7, 11) is 0. The predicted molar refractivity (Wildman–Crippen MR) is 114 cm³/mol. The SMILES string of the molecule is C[C@@H]1C[C@H]2C3CCC4=CC(=O)C=C(OC=O)[C@@]4(C)[C@@]3(Cl)[C@@H](O)C[C@]2(C)[C@@]1(O)C(=O)CCl. The van der Waals surface area contributed by atoms with Gasteiger partial charge in [-0.05, 0) is 56.4 Å². The standard InChI is InChI=1S/C23H28Cl2O6/c1-12-6-16-15-5-4-13-7-14(27)8-19(31-11-26)21(13,3)22(15,25)17(28)9-20(16,2)23(12,30)18(29)10-24/h7-8,11-12,15-17,28,30H,4-6,9-10H2,1-3H3/t12-,15?,16+,17+,20+,21+,22+,23+/m1/s1. The van der Waals surface area contributed by atoms with Crippen molar-refractivity contribution < 1.29 is 29.3 Å². The molecule has 8 heteroatoms. The van der Waals surface area contributed by atoms with Crippen molar-refractivity contribution in [2.24, 2.45) is 28.6 Å². The summed E-state index contributed by atoms with van der Waals surface area (Å²) in [6.45, 7) is 5.76. The van der Waals surface area contributed by atoms with E-state index >= 15 is 0 Å². The van der Waals surface area contributed by atoms with Gasteiger partial charge in [-0.3, -0.25) is 14.4 Å². The third-order valence-electron chi connectivity index (χ3n) is 9.07. The van der Waals surface area contributed by atoms with E-state index in [4.69, 9.17) is 27.9 Å². The topological polar surface area (TPSA) is 101 Å². The molecule has 0 aromatic carbocycles. The molecule has 4 aliphatic rings. The Labute approximate surface area is 191 Å². The van der Waals surface area contributed by atoms with Crippen molar-refractivity contribution in [2.45, 2.75) is 63.0 Å². The summed E-state index contributed by atoms with van der Waals surface area (Å²) in [5.74, 6) is -1.68. The van der Waals surface area contributed by atoms with Crippen molar-refractivity contribution in [3.8, 4) is 0 Å². The van der Waals surface area contributed by atoms with Gasteiger partial charge in [0.05, 0.1) is 22.3 Å². The summed E-state index contributed by atoms with van der Waals surface area (Å²) in [6.07, 6.45) is 3.42. The van der Waals surface area contributed by atoms with Gasteiger partial charge in [0.1, 0.15) is 11.4 Å². The van der Waals surface area contributed by atoms with E-state index in [2.05, 4.69) is 0 Å². The highest BCUT2D eigenvalue weighted by Crippen LogP contribution is 2.72. The Hall–Kier alpha value is -1.21. The Balaban J connectivity index is 1.87. The fraction of sp³-hybridized carbons (Fsp3) is 0.696. The molecule has 0 spiro atoms. The number of Topliss-reactive ketones (excluding diaryl/α,β-unsaturated/α-hetero) is 1. The Morgan fingerprint density at radius 2 is 2.00 bits per heavy atom. The normalized spacial score (nSPS) is 48.7. The second-order valence-electron chi connectivity index (χ2n) is 10.0. The number of carbonyl (C=O) groups is 3. The molecule has 0 radical (unpaired) electrons. The van der Waals surface area contributed by atoms with Crippen LogP contribution in [-0.4, -0.2) is 50.7 Å². The van der Waals surface area contributed by atoms with E-state index in [1.54, 1.807) is 6.92 Å². The largest absolute Gasteiger partial charge is 0.432 e. The highest BCUT2D eigenvalue weighted by Gasteiger charge is 2.75. The number of halogens is 2. The maximum Gasteiger partial charge on any atom is 0.298 e. The maximum atomic E-state index is 12.8. The van der Waals surface area contributed by atoms with Crippen LogP contribution >= 0.6 is 23.2 Å². The molecule has 3 fully saturated rings. The molecule has 3 saturated carbocycles. The molecule has 0 aromatic heterocycles. The number of rotatable bonds is 4. The highest BCUT2D eigenvalue weighted by atomic mass is 35.5. The molecule has 0 amide bonds. The van der Waals surface area contributed by atoms with Crippen molar-refractivity contribution in [3.63, 3.8) is 0 Å². The lowest BCUT2D eigenvalue weighted by Crippen LogP contribution is -2.69. The molecular formula is C23H28Cl2O6. The quantitative estimate of drug-likeness (QED) is 0.483. The van der Waals surface area contributed by atoms with Gasteiger partial charge in [0.2, 0.25) is 0 Å². The van der Waals surface area contributed by atoms with Gasteiger partial charge in [-0.25, -0.2) is 0 Å². The van der Waals surface area contributed by atoms with Crippen LogP contribution in [0.5, 0.6) is 0 Å². The molecule has 0 aliphatic heterocycles. The van der Waals surface area contributed by atoms with Crippen LogP contribution in [0.1, 0.15) is 46.5 Å². The number of hydrogen-bond donors (Lipinski definition) is 2. The van der Waals surface area contributed by atoms with E-state index < -0.39 is 33.2 Å². The fourth-order valence-corrected chi connectivity index (χ4v) is 8.29. The van der Waals surface area contributed by atoms with Crippen LogP contribution in [0.15, 0.2) is 23.5 Å². The number of aliphatic hydroxyl groups excluding tert-OH is 1. The number of carbonyl (C=O) groups excluding carboxylic acids is 3. The summed E-state index contributed by atoms with van der Waals surface area (Å²) >= 11 is 13.2. The van der Waals surface area contributed by atoms with Gasteiger partial charge in [0.25, 0.3) is 6.47 Å². The van der Waals surface area contributed by atoms with Gasteiger partial charge >= 0.3 is 0 Å². The molecule has 8 atom stereocenters. The molecule has 0 bridgehead atoms. The van der Waals surface area contributed by atoms with Crippen LogP contribution in [0.4, 0.5) is 0 Å². The molecule has 0 saturated heterocycles. The number of aliphatic hydroxyl groups is 2. The lowest BCUT2D eigenvalue weighted by atomic mass is 9.45. The maximum absolute atomic E-state index is 12.8. The zero-order valence-electron chi connectivity index (χ0n) is 17.9. The number of hydrogen-bond acceptors (Lipinski definition) is 6. The van der Waals surface area contributed by atoms with Crippen LogP contribution in [0.3, 0.4) is 0 Å². The van der Waals surface area contributed by atoms with E-state index in [0.29, 0.717) is 19.3 Å². The van der Waals surface area contributed by atoms with Gasteiger partial charge in [-0.1, -0.05) is 19.4 Å². The van der Waals surface area contributed by atoms with Crippen LogP contribution < -0.4 is 0 Å². The number of allylic oxidation sites excluding steroid dienone is 3. The summed E-state index contributed by atoms with van der Waals surface area (Å²) in [6, 6.07) is 0. The van der Waals surface area contributed by atoms with Crippen molar-refractivity contribution in [3.05, 3.63) is 23.5 Å². The monoisotopic (exact) mass is 470 g/mol. The molecule has 170 valence electrons. The summed E-state index contributed by atoms with van der Waals surface area (Å²) in [5, 5.41) is 23.2. The summed E-state index contributed by atoms with van der Waals surface area (Å²) in [5.41, 5.74) is -2.91. The zero-order chi connectivity index (χ0) is 23.0. The van der Waals surface area contributed by atoms with E-state index in [-0.39, 0.29) is 48.1 Å². The van der Waals surface area contributed by atoms with Gasteiger partial charge in [-0.2, -0.15) is 0 Å². The minimum atomic E-state index is -1.66. The van der Waals surface area contributed by atoms with E-state index in [0.717, 1.165) is 5.57 Å². The van der Waals surface area contributed by atoms with Crippen LogP contribution in [0, 0.1) is 28.6 Å². The van der Waals surface area contributed by atoms with E-state index in [9.17, 15) is 24.6 Å². The Morgan fingerprint density at radius 1 is 1.32 bits per heavy atom. The first-order valence-corrected chi connectivity index (χ1v) is 11.6. The fourth-order valence-electron chi connectivity index (χ4n) is 7.53. The Morgan fingerprint density at radius 3 is 2.61 bits per heavy atom. The molecule has 4 rings (SSSR count). The smallest absolute Gasteiger partial charge is 0.298 e. The third-order valence-corrected chi connectivity index (χ3v) is 10.2. The average Bonchev–Trinajstić information content (AvgIpc) is 2.91. The molecule has 0 heterocycles. The second kappa shape index (κ2) is 7.14. The summed E-state index contributed by atoms with van der Waals surface area (Å²) < 4.78 is 5.24. The number of ether oxygens (including phenoxy) is 1. The molecule has 31 heavy (non-hydrogen) atoms. The van der Waals surface area contributed by atoms with Gasteiger partial charge in [-0.15, -0.1) is 23.2 Å². The first-order chi connectivity index (χ1) is 14.4. The lowest BCUT2D eigenvalue weighted by molar-refractivity contribution is -0.177. The molecular weight excluding hydrogens is 443 g/mol. The van der Waals surface area contributed by atoms with E-state index in [1.165, 1.54) is 12.2 Å². The van der Waals surface area contributed by atoms with Gasteiger partial charge < -0.3 is 14.9 Å². The average molecular weight is 471 g/mol. The molecule has 4 aliphatic carbocycles. The first kappa shape index (κ1) is 23.0.